The second-order valence-electron chi connectivity index (χ2n) is 4.80. The topological polar surface area (TPSA) is 32.3 Å². The maximum Gasteiger partial charge on any atom is 0.226 e. The van der Waals surface area contributed by atoms with Crippen LogP contribution in [0.3, 0.4) is 0 Å². The van der Waals surface area contributed by atoms with Crippen LogP contribution in [0.2, 0.25) is 0 Å². The molecule has 0 spiro atoms. The summed E-state index contributed by atoms with van der Waals surface area (Å²) in [5, 5.41) is 3.17. The van der Waals surface area contributed by atoms with E-state index in [-0.39, 0.29) is 11.7 Å². The van der Waals surface area contributed by atoms with Gasteiger partial charge in [0.2, 0.25) is 5.91 Å². The highest BCUT2D eigenvalue weighted by molar-refractivity contribution is 5.92. The minimum absolute atomic E-state index is 0.0714. The van der Waals surface area contributed by atoms with Crippen LogP contribution in [0.1, 0.15) is 18.9 Å². The molecule has 3 nitrogen and oxygen atoms in total. The van der Waals surface area contributed by atoms with Crippen molar-refractivity contribution in [3.05, 3.63) is 59.9 Å². The molecule has 110 valence electrons. The standard InChI is InChI=1S/C17H19FN2O/c1-3-17(21)20(2)15-10-8-14(9-11-15)19-12-13-6-4-5-7-16(13)18/h4-11,19H,3,12H2,1-2H3. The monoisotopic (exact) mass is 286 g/mol. The summed E-state index contributed by atoms with van der Waals surface area (Å²) in [5.74, 6) is -0.142. The Balaban J connectivity index is 2.00. The molecule has 4 heteroatoms. The Bertz CT molecular complexity index is 610. The molecule has 0 aromatic heterocycles. The van der Waals surface area contributed by atoms with Crippen LogP contribution in [0.15, 0.2) is 48.5 Å². The minimum atomic E-state index is -0.213. The van der Waals surface area contributed by atoms with Gasteiger partial charge in [0.05, 0.1) is 0 Å². The first-order chi connectivity index (χ1) is 10.1. The van der Waals surface area contributed by atoms with Crippen molar-refractivity contribution in [2.75, 3.05) is 17.3 Å². The molecule has 1 amide bonds. The molecule has 0 heterocycles. The maximum absolute atomic E-state index is 13.5. The van der Waals surface area contributed by atoms with Crippen LogP contribution < -0.4 is 10.2 Å². The van der Waals surface area contributed by atoms with Gasteiger partial charge in [0.25, 0.3) is 0 Å². The maximum atomic E-state index is 13.5. The number of amides is 1. The molecular formula is C17H19FN2O. The van der Waals surface area contributed by atoms with E-state index in [1.165, 1.54) is 6.07 Å². The predicted molar refractivity (Wildman–Crippen MR) is 83.9 cm³/mol. The molecule has 0 aliphatic carbocycles. The van der Waals surface area contributed by atoms with E-state index in [0.717, 1.165) is 11.4 Å². The lowest BCUT2D eigenvalue weighted by molar-refractivity contribution is -0.118. The lowest BCUT2D eigenvalue weighted by Crippen LogP contribution is -2.24. The molecule has 2 rings (SSSR count). The van der Waals surface area contributed by atoms with Crippen molar-refractivity contribution in [2.24, 2.45) is 0 Å². The second kappa shape index (κ2) is 6.88. The number of carbonyl (C=O) groups is 1. The Kier molecular flexibility index (Phi) is 4.93. The highest BCUT2D eigenvalue weighted by Crippen LogP contribution is 2.18. The largest absolute Gasteiger partial charge is 0.381 e. The highest BCUT2D eigenvalue weighted by atomic mass is 19.1. The van der Waals surface area contributed by atoms with Gasteiger partial charge >= 0.3 is 0 Å². The summed E-state index contributed by atoms with van der Waals surface area (Å²) in [4.78, 5) is 13.2. The van der Waals surface area contributed by atoms with Crippen molar-refractivity contribution in [1.82, 2.24) is 0 Å². The van der Waals surface area contributed by atoms with Crippen LogP contribution in [0.4, 0.5) is 15.8 Å². The molecule has 0 bridgehead atoms. The fraction of sp³-hybridized carbons (Fsp3) is 0.235. The molecule has 0 radical (unpaired) electrons. The third-order valence-corrected chi connectivity index (χ3v) is 3.37. The molecule has 21 heavy (non-hydrogen) atoms. The summed E-state index contributed by atoms with van der Waals surface area (Å²) >= 11 is 0. The van der Waals surface area contributed by atoms with Gasteiger partial charge in [-0.15, -0.1) is 0 Å². The van der Waals surface area contributed by atoms with E-state index in [1.54, 1.807) is 24.1 Å². The number of halogens is 1. The smallest absolute Gasteiger partial charge is 0.226 e. The van der Waals surface area contributed by atoms with Gasteiger partial charge in [-0.3, -0.25) is 4.79 Å². The average molecular weight is 286 g/mol. The Morgan fingerprint density at radius 2 is 1.81 bits per heavy atom. The quantitative estimate of drug-likeness (QED) is 0.906. The van der Waals surface area contributed by atoms with Crippen molar-refractivity contribution in [2.45, 2.75) is 19.9 Å². The first-order valence-corrected chi connectivity index (χ1v) is 6.95. The first kappa shape index (κ1) is 15.0. The van der Waals surface area contributed by atoms with Gasteiger partial charge in [0.15, 0.2) is 0 Å². The van der Waals surface area contributed by atoms with Gasteiger partial charge in [-0.2, -0.15) is 0 Å². The third kappa shape index (κ3) is 3.81. The molecule has 0 unspecified atom stereocenters. The zero-order valence-corrected chi connectivity index (χ0v) is 12.3. The minimum Gasteiger partial charge on any atom is -0.381 e. The van der Waals surface area contributed by atoms with Crippen molar-refractivity contribution < 1.29 is 9.18 Å². The van der Waals surface area contributed by atoms with Crippen LogP contribution in [0.5, 0.6) is 0 Å². The Morgan fingerprint density at radius 3 is 2.43 bits per heavy atom. The summed E-state index contributed by atoms with van der Waals surface area (Å²) in [5.41, 5.74) is 2.36. The van der Waals surface area contributed by atoms with Crippen LogP contribution in [0, 0.1) is 5.82 Å². The second-order valence-corrected chi connectivity index (χ2v) is 4.80. The molecular weight excluding hydrogens is 267 g/mol. The number of nitrogens with zero attached hydrogens (tertiary/aromatic N) is 1. The zero-order valence-electron chi connectivity index (χ0n) is 12.3. The zero-order chi connectivity index (χ0) is 15.2. The SMILES string of the molecule is CCC(=O)N(C)c1ccc(NCc2ccccc2F)cc1. The van der Waals surface area contributed by atoms with Crippen molar-refractivity contribution in [3.63, 3.8) is 0 Å². The third-order valence-electron chi connectivity index (χ3n) is 3.37. The molecule has 0 atom stereocenters. The fourth-order valence-electron chi connectivity index (χ4n) is 2.02. The number of carbonyl (C=O) groups excluding carboxylic acids is 1. The van der Waals surface area contributed by atoms with E-state index >= 15 is 0 Å². The average Bonchev–Trinajstić information content (AvgIpc) is 2.53. The van der Waals surface area contributed by atoms with E-state index in [1.807, 2.05) is 37.3 Å². The number of rotatable bonds is 5. The Labute approximate surface area is 124 Å². The Morgan fingerprint density at radius 1 is 1.14 bits per heavy atom. The molecule has 2 aromatic rings. The molecule has 0 fully saturated rings. The van der Waals surface area contributed by atoms with E-state index in [2.05, 4.69) is 5.32 Å². The van der Waals surface area contributed by atoms with Crippen molar-refractivity contribution in [1.29, 1.82) is 0 Å². The number of nitrogens with one attached hydrogen (secondary N) is 1. The van der Waals surface area contributed by atoms with Gasteiger partial charge in [-0.05, 0) is 30.3 Å². The first-order valence-electron chi connectivity index (χ1n) is 6.95. The van der Waals surface area contributed by atoms with Gasteiger partial charge in [0, 0.05) is 37.0 Å². The molecule has 0 aliphatic heterocycles. The number of hydrogen-bond acceptors (Lipinski definition) is 2. The summed E-state index contributed by atoms with van der Waals surface area (Å²) in [6.07, 6.45) is 0.476. The molecule has 0 saturated heterocycles. The van der Waals surface area contributed by atoms with Gasteiger partial charge in [-0.25, -0.2) is 4.39 Å². The number of benzene rings is 2. The van der Waals surface area contributed by atoms with Gasteiger partial charge < -0.3 is 10.2 Å². The van der Waals surface area contributed by atoms with Gasteiger partial charge in [-0.1, -0.05) is 25.1 Å². The molecule has 0 aliphatic rings. The van der Waals surface area contributed by atoms with Crippen LogP contribution in [-0.2, 0) is 11.3 Å². The predicted octanol–water partition coefficient (Wildman–Crippen LogP) is 3.81. The fourth-order valence-corrected chi connectivity index (χ4v) is 2.02. The van der Waals surface area contributed by atoms with Crippen LogP contribution >= 0.6 is 0 Å². The van der Waals surface area contributed by atoms with E-state index in [9.17, 15) is 9.18 Å². The van der Waals surface area contributed by atoms with Crippen LogP contribution in [-0.4, -0.2) is 13.0 Å². The van der Waals surface area contributed by atoms with Gasteiger partial charge in [0.1, 0.15) is 5.82 Å². The van der Waals surface area contributed by atoms with E-state index in [0.29, 0.717) is 18.5 Å². The number of anilines is 2. The molecule has 1 N–H and O–H groups in total. The Hall–Kier alpha value is -2.36. The van der Waals surface area contributed by atoms with Crippen LogP contribution in [0.25, 0.3) is 0 Å². The normalized spacial score (nSPS) is 10.2. The number of hydrogen-bond donors (Lipinski definition) is 1. The van der Waals surface area contributed by atoms with E-state index < -0.39 is 0 Å². The summed E-state index contributed by atoms with van der Waals surface area (Å²) in [7, 11) is 1.76. The summed E-state index contributed by atoms with van der Waals surface area (Å²) < 4.78 is 13.5. The lowest BCUT2D eigenvalue weighted by atomic mass is 10.2. The molecule has 0 saturated carbocycles. The van der Waals surface area contributed by atoms with Crippen molar-refractivity contribution in [3.8, 4) is 0 Å². The van der Waals surface area contributed by atoms with Crippen molar-refractivity contribution >= 4 is 17.3 Å². The summed E-state index contributed by atoms with van der Waals surface area (Å²) in [6.45, 7) is 2.26. The lowest BCUT2D eigenvalue weighted by Gasteiger charge is -2.17. The summed E-state index contributed by atoms with van der Waals surface area (Å²) in [6, 6.07) is 14.2. The molecule has 2 aromatic carbocycles. The van der Waals surface area contributed by atoms with E-state index in [4.69, 9.17) is 0 Å². The highest BCUT2D eigenvalue weighted by Gasteiger charge is 2.08.